The SMILES string of the molecule is CN(C)c1ccccc1N1CC(=O)NCC1=O. The molecule has 0 spiro atoms. The van der Waals surface area contributed by atoms with Gasteiger partial charge < -0.3 is 10.2 Å². The Kier molecular flexibility index (Phi) is 2.99. The molecule has 0 unspecified atom stereocenters. The molecule has 0 aromatic heterocycles. The van der Waals surface area contributed by atoms with Crippen LogP contribution >= 0.6 is 0 Å². The second-order valence-corrected chi connectivity index (χ2v) is 4.14. The lowest BCUT2D eigenvalue weighted by Crippen LogP contribution is -2.52. The number of carbonyl (C=O) groups excluding carboxylic acids is 2. The van der Waals surface area contributed by atoms with Crippen LogP contribution in [0.5, 0.6) is 0 Å². The normalized spacial score (nSPS) is 15.8. The van der Waals surface area contributed by atoms with Crippen molar-refractivity contribution >= 4 is 23.2 Å². The van der Waals surface area contributed by atoms with Gasteiger partial charge in [-0.3, -0.25) is 14.5 Å². The number of amides is 2. The third-order valence-corrected chi connectivity index (χ3v) is 2.69. The lowest BCUT2D eigenvalue weighted by atomic mass is 10.2. The molecule has 1 saturated heterocycles. The summed E-state index contributed by atoms with van der Waals surface area (Å²) in [4.78, 5) is 26.6. The smallest absolute Gasteiger partial charge is 0.246 e. The molecule has 0 atom stereocenters. The first-order valence-corrected chi connectivity index (χ1v) is 5.43. The highest BCUT2D eigenvalue weighted by atomic mass is 16.2. The van der Waals surface area contributed by atoms with Gasteiger partial charge in [0.05, 0.1) is 17.9 Å². The van der Waals surface area contributed by atoms with Gasteiger partial charge in [-0.2, -0.15) is 0 Å². The second-order valence-electron chi connectivity index (χ2n) is 4.14. The van der Waals surface area contributed by atoms with Crippen LogP contribution in [0.25, 0.3) is 0 Å². The summed E-state index contributed by atoms with van der Waals surface area (Å²) in [5.74, 6) is -0.211. The van der Waals surface area contributed by atoms with Gasteiger partial charge in [-0.15, -0.1) is 0 Å². The van der Waals surface area contributed by atoms with Gasteiger partial charge in [-0.05, 0) is 12.1 Å². The summed E-state index contributed by atoms with van der Waals surface area (Å²) in [6, 6.07) is 7.55. The first-order valence-electron chi connectivity index (χ1n) is 5.43. The Hall–Kier alpha value is -2.04. The maximum absolute atomic E-state index is 11.8. The van der Waals surface area contributed by atoms with Crippen molar-refractivity contribution in [1.82, 2.24) is 5.32 Å². The largest absolute Gasteiger partial charge is 0.376 e. The van der Waals surface area contributed by atoms with Gasteiger partial charge in [0.1, 0.15) is 6.54 Å². The second kappa shape index (κ2) is 4.45. The molecule has 2 rings (SSSR count). The van der Waals surface area contributed by atoms with E-state index < -0.39 is 0 Å². The Morgan fingerprint density at radius 3 is 2.65 bits per heavy atom. The van der Waals surface area contributed by atoms with Crippen molar-refractivity contribution in [3.05, 3.63) is 24.3 Å². The number of anilines is 2. The minimum atomic E-state index is -0.127. The third kappa shape index (κ3) is 2.22. The molecule has 1 aliphatic rings. The van der Waals surface area contributed by atoms with Crippen LogP contribution in [-0.2, 0) is 9.59 Å². The summed E-state index contributed by atoms with van der Waals surface area (Å²) in [7, 11) is 3.82. The van der Waals surface area contributed by atoms with E-state index in [0.717, 1.165) is 11.4 Å². The maximum Gasteiger partial charge on any atom is 0.246 e. The zero-order valence-electron chi connectivity index (χ0n) is 9.93. The summed E-state index contributed by atoms with van der Waals surface area (Å²) in [6.07, 6.45) is 0. The van der Waals surface area contributed by atoms with E-state index >= 15 is 0 Å². The number of para-hydroxylation sites is 2. The first-order chi connectivity index (χ1) is 8.09. The molecule has 1 fully saturated rings. The molecule has 0 aliphatic carbocycles. The summed E-state index contributed by atoms with van der Waals surface area (Å²) < 4.78 is 0. The van der Waals surface area contributed by atoms with Gasteiger partial charge in [0.2, 0.25) is 11.8 Å². The van der Waals surface area contributed by atoms with Crippen LogP contribution in [0.1, 0.15) is 0 Å². The highest BCUT2D eigenvalue weighted by molar-refractivity contribution is 6.06. The number of carbonyl (C=O) groups is 2. The van der Waals surface area contributed by atoms with Crippen molar-refractivity contribution in [2.75, 3.05) is 37.0 Å². The van der Waals surface area contributed by atoms with Crippen LogP contribution in [0.15, 0.2) is 24.3 Å². The number of nitrogens with zero attached hydrogens (tertiary/aromatic N) is 2. The average molecular weight is 233 g/mol. The highest BCUT2D eigenvalue weighted by Crippen LogP contribution is 2.28. The van der Waals surface area contributed by atoms with Crippen LogP contribution in [0, 0.1) is 0 Å². The van der Waals surface area contributed by atoms with Crippen LogP contribution in [-0.4, -0.2) is 39.0 Å². The van der Waals surface area contributed by atoms with E-state index in [1.54, 1.807) is 0 Å². The lowest BCUT2D eigenvalue weighted by molar-refractivity contribution is -0.128. The van der Waals surface area contributed by atoms with Crippen molar-refractivity contribution in [2.45, 2.75) is 0 Å². The van der Waals surface area contributed by atoms with Crippen LogP contribution in [0.3, 0.4) is 0 Å². The lowest BCUT2D eigenvalue weighted by Gasteiger charge is -2.30. The fourth-order valence-electron chi connectivity index (χ4n) is 1.85. The third-order valence-electron chi connectivity index (χ3n) is 2.69. The predicted molar refractivity (Wildman–Crippen MR) is 66.1 cm³/mol. The summed E-state index contributed by atoms with van der Waals surface area (Å²) in [6.45, 7) is 0.157. The molecule has 0 bridgehead atoms. The molecular weight excluding hydrogens is 218 g/mol. The molecule has 1 heterocycles. The van der Waals surface area contributed by atoms with Crippen molar-refractivity contribution in [3.63, 3.8) is 0 Å². The Balaban J connectivity index is 2.38. The number of piperazine rings is 1. The van der Waals surface area contributed by atoms with Crippen molar-refractivity contribution < 1.29 is 9.59 Å². The summed E-state index contributed by atoms with van der Waals surface area (Å²) >= 11 is 0. The topological polar surface area (TPSA) is 52.6 Å². The van der Waals surface area contributed by atoms with Crippen LogP contribution < -0.4 is 15.1 Å². The fraction of sp³-hybridized carbons (Fsp3) is 0.333. The van der Waals surface area contributed by atoms with Crippen molar-refractivity contribution in [2.24, 2.45) is 0 Å². The number of benzene rings is 1. The standard InChI is InChI=1S/C12H15N3O2/c1-14(2)9-5-3-4-6-10(9)15-8-11(16)13-7-12(15)17/h3-6H,7-8H2,1-2H3,(H,13,16). The number of rotatable bonds is 2. The molecule has 90 valence electrons. The van der Waals surface area contributed by atoms with E-state index in [-0.39, 0.29) is 24.9 Å². The molecule has 1 N–H and O–H groups in total. The quantitative estimate of drug-likeness (QED) is 0.794. The van der Waals surface area contributed by atoms with Gasteiger partial charge in [0.25, 0.3) is 0 Å². The molecule has 1 aromatic rings. The van der Waals surface area contributed by atoms with E-state index in [0.29, 0.717) is 0 Å². The van der Waals surface area contributed by atoms with E-state index in [1.807, 2.05) is 43.3 Å². The minimum absolute atomic E-state index is 0.0700. The molecule has 5 nitrogen and oxygen atoms in total. The Bertz CT molecular complexity index is 457. The Morgan fingerprint density at radius 2 is 1.94 bits per heavy atom. The van der Waals surface area contributed by atoms with Crippen LogP contribution in [0.2, 0.25) is 0 Å². The van der Waals surface area contributed by atoms with Gasteiger partial charge in [0, 0.05) is 14.1 Å². The van der Waals surface area contributed by atoms with E-state index in [9.17, 15) is 9.59 Å². The number of hydrogen-bond donors (Lipinski definition) is 1. The molecular formula is C12H15N3O2. The zero-order chi connectivity index (χ0) is 12.4. The summed E-state index contributed by atoms with van der Waals surface area (Å²) in [5.41, 5.74) is 1.70. The molecule has 1 aromatic carbocycles. The van der Waals surface area contributed by atoms with Gasteiger partial charge in [-0.25, -0.2) is 0 Å². The zero-order valence-corrected chi connectivity index (χ0v) is 9.93. The van der Waals surface area contributed by atoms with E-state index in [4.69, 9.17) is 0 Å². The molecule has 1 aliphatic heterocycles. The monoisotopic (exact) mass is 233 g/mol. The maximum atomic E-state index is 11.8. The van der Waals surface area contributed by atoms with Gasteiger partial charge in [0.15, 0.2) is 0 Å². The van der Waals surface area contributed by atoms with Gasteiger partial charge in [-0.1, -0.05) is 12.1 Å². The fourth-order valence-corrected chi connectivity index (χ4v) is 1.85. The molecule has 0 saturated carbocycles. The molecule has 0 radical (unpaired) electrons. The minimum Gasteiger partial charge on any atom is -0.376 e. The highest BCUT2D eigenvalue weighted by Gasteiger charge is 2.26. The first kappa shape index (κ1) is 11.4. The number of nitrogens with one attached hydrogen (secondary N) is 1. The van der Waals surface area contributed by atoms with E-state index in [2.05, 4.69) is 5.32 Å². The average Bonchev–Trinajstić information content (AvgIpc) is 2.32. The Labute approximate surface area is 100 Å². The number of hydrogen-bond acceptors (Lipinski definition) is 3. The van der Waals surface area contributed by atoms with Crippen molar-refractivity contribution in [1.29, 1.82) is 0 Å². The molecule has 2 amide bonds. The van der Waals surface area contributed by atoms with E-state index in [1.165, 1.54) is 4.90 Å². The van der Waals surface area contributed by atoms with Crippen molar-refractivity contribution in [3.8, 4) is 0 Å². The van der Waals surface area contributed by atoms with Gasteiger partial charge >= 0.3 is 0 Å². The van der Waals surface area contributed by atoms with Crippen LogP contribution in [0.4, 0.5) is 11.4 Å². The molecule has 5 heteroatoms. The molecule has 17 heavy (non-hydrogen) atoms. The Morgan fingerprint density at radius 1 is 1.24 bits per heavy atom. The predicted octanol–water partition coefficient (Wildman–Crippen LogP) is 0.215. The summed E-state index contributed by atoms with van der Waals surface area (Å²) in [5, 5.41) is 2.54.